The van der Waals surface area contributed by atoms with Crippen molar-refractivity contribution in [3.05, 3.63) is 33.7 Å². The molecule has 2 aromatic rings. The van der Waals surface area contributed by atoms with Crippen LogP contribution in [0.4, 0.5) is 10.5 Å². The standard InChI is InChI=1S/C13H9BrCl3N3O2S/c1-6-3-2-4-7(18-6)10-8(5-9(14)23-10)19-12(22)20-11(21)13(15,16)17/h2-5H,1H3,(H2,19,20,21,22). The average Bonchev–Trinajstić information content (AvgIpc) is 2.78. The lowest BCUT2D eigenvalue weighted by atomic mass is 10.2. The van der Waals surface area contributed by atoms with Gasteiger partial charge in [0.25, 0.3) is 9.70 Å². The summed E-state index contributed by atoms with van der Waals surface area (Å²) in [6, 6.07) is 6.44. The summed E-state index contributed by atoms with van der Waals surface area (Å²) in [6.45, 7) is 1.87. The predicted octanol–water partition coefficient (Wildman–Crippen LogP) is 4.90. The number of imide groups is 1. The third kappa shape index (κ3) is 5.06. The number of alkyl halides is 3. The van der Waals surface area contributed by atoms with E-state index in [2.05, 4.69) is 26.2 Å². The molecule has 0 aromatic carbocycles. The molecule has 3 amide bonds. The third-order valence-corrected chi connectivity index (χ3v) is 4.73. The van der Waals surface area contributed by atoms with Crippen molar-refractivity contribution < 1.29 is 9.59 Å². The molecular formula is C13H9BrCl3N3O2S. The van der Waals surface area contributed by atoms with E-state index in [1.807, 2.05) is 30.4 Å². The van der Waals surface area contributed by atoms with Crippen LogP contribution in [-0.2, 0) is 4.79 Å². The Morgan fingerprint density at radius 2 is 2.00 bits per heavy atom. The van der Waals surface area contributed by atoms with Crippen molar-refractivity contribution in [3.8, 4) is 10.6 Å². The number of carbonyl (C=O) groups excluding carboxylic acids is 2. The summed E-state index contributed by atoms with van der Waals surface area (Å²) in [7, 11) is 0. The number of amides is 3. The molecule has 0 spiro atoms. The summed E-state index contributed by atoms with van der Waals surface area (Å²) in [6.07, 6.45) is 0. The molecule has 0 fully saturated rings. The minimum Gasteiger partial charge on any atom is -0.306 e. The van der Waals surface area contributed by atoms with Crippen molar-refractivity contribution in [3.63, 3.8) is 0 Å². The molecular weight excluding hydrogens is 448 g/mol. The molecule has 0 aliphatic rings. The zero-order chi connectivity index (χ0) is 17.2. The molecule has 122 valence electrons. The molecule has 0 atom stereocenters. The average molecular weight is 458 g/mol. The van der Waals surface area contributed by atoms with Gasteiger partial charge in [0.1, 0.15) is 0 Å². The van der Waals surface area contributed by atoms with Crippen LogP contribution < -0.4 is 10.6 Å². The highest BCUT2D eigenvalue weighted by Crippen LogP contribution is 2.38. The van der Waals surface area contributed by atoms with E-state index in [4.69, 9.17) is 34.8 Å². The molecule has 2 rings (SSSR count). The Kier molecular flexibility index (Phi) is 5.91. The van der Waals surface area contributed by atoms with Crippen LogP contribution in [0.15, 0.2) is 28.1 Å². The summed E-state index contributed by atoms with van der Waals surface area (Å²) < 4.78 is -1.42. The molecule has 2 heterocycles. The number of thiophene rings is 1. The second-order valence-corrected chi connectivity index (χ2v) is 9.08. The van der Waals surface area contributed by atoms with Gasteiger partial charge in [-0.3, -0.25) is 15.1 Å². The molecule has 2 aromatic heterocycles. The molecule has 0 radical (unpaired) electrons. The Hall–Kier alpha value is -0.860. The smallest absolute Gasteiger partial charge is 0.306 e. The Bertz CT molecular complexity index is 761. The molecule has 5 nitrogen and oxygen atoms in total. The minimum atomic E-state index is -2.21. The highest BCUT2D eigenvalue weighted by molar-refractivity contribution is 9.11. The highest BCUT2D eigenvalue weighted by atomic mass is 79.9. The first-order valence-electron chi connectivity index (χ1n) is 6.09. The number of pyridine rings is 1. The van der Waals surface area contributed by atoms with E-state index in [9.17, 15) is 9.59 Å². The second kappa shape index (κ2) is 7.36. The molecule has 0 saturated carbocycles. The molecule has 0 aliphatic heterocycles. The van der Waals surface area contributed by atoms with Crippen LogP contribution in [-0.4, -0.2) is 20.7 Å². The fourth-order valence-corrected chi connectivity index (χ4v) is 3.31. The van der Waals surface area contributed by atoms with Crippen LogP contribution in [0, 0.1) is 6.92 Å². The molecule has 10 heteroatoms. The molecule has 2 N–H and O–H groups in total. The molecule has 0 saturated heterocycles. The minimum absolute atomic E-state index is 0.481. The number of aryl methyl sites for hydroxylation is 1. The maximum absolute atomic E-state index is 11.9. The fourth-order valence-electron chi connectivity index (χ4n) is 1.64. The van der Waals surface area contributed by atoms with E-state index in [1.54, 1.807) is 6.07 Å². The van der Waals surface area contributed by atoms with Gasteiger partial charge in [-0.15, -0.1) is 11.3 Å². The largest absolute Gasteiger partial charge is 0.326 e. The second-order valence-electron chi connectivity index (χ2n) is 4.36. The van der Waals surface area contributed by atoms with Gasteiger partial charge in [-0.1, -0.05) is 40.9 Å². The molecule has 0 bridgehead atoms. The molecule has 0 aliphatic carbocycles. The molecule has 0 unspecified atom stereocenters. The van der Waals surface area contributed by atoms with Crippen LogP contribution in [0.2, 0.25) is 0 Å². The number of nitrogens with zero attached hydrogens (tertiary/aromatic N) is 1. The predicted molar refractivity (Wildman–Crippen MR) is 97.4 cm³/mol. The van der Waals surface area contributed by atoms with Gasteiger partial charge in [-0.2, -0.15) is 0 Å². The fraction of sp³-hybridized carbons (Fsp3) is 0.154. The van der Waals surface area contributed by atoms with E-state index in [1.165, 1.54) is 11.3 Å². The van der Waals surface area contributed by atoms with E-state index in [0.29, 0.717) is 11.4 Å². The number of halogens is 4. The van der Waals surface area contributed by atoms with Crippen molar-refractivity contribution in [2.24, 2.45) is 0 Å². The summed E-state index contributed by atoms with van der Waals surface area (Å²) in [4.78, 5) is 28.5. The van der Waals surface area contributed by atoms with E-state index >= 15 is 0 Å². The van der Waals surface area contributed by atoms with Crippen LogP contribution >= 0.6 is 62.1 Å². The first kappa shape index (κ1) is 18.5. The number of rotatable bonds is 2. The number of nitrogens with one attached hydrogen (secondary N) is 2. The maximum Gasteiger partial charge on any atom is 0.326 e. The maximum atomic E-state index is 11.9. The first-order chi connectivity index (χ1) is 10.7. The summed E-state index contributed by atoms with van der Waals surface area (Å²) >= 11 is 21.0. The van der Waals surface area contributed by atoms with Crippen molar-refractivity contribution in [2.75, 3.05) is 5.32 Å². The summed E-state index contributed by atoms with van der Waals surface area (Å²) in [5.74, 6) is -1.04. The van der Waals surface area contributed by atoms with Crippen LogP contribution in [0.5, 0.6) is 0 Å². The van der Waals surface area contributed by atoms with Crippen molar-refractivity contribution >= 4 is 79.7 Å². The van der Waals surface area contributed by atoms with Gasteiger partial charge in [0.2, 0.25) is 0 Å². The topological polar surface area (TPSA) is 71.1 Å². The van der Waals surface area contributed by atoms with E-state index in [-0.39, 0.29) is 0 Å². The Balaban J connectivity index is 2.21. The van der Waals surface area contributed by atoms with Gasteiger partial charge >= 0.3 is 6.03 Å². The SMILES string of the molecule is Cc1cccc(-c2sc(Br)cc2NC(=O)NC(=O)C(Cl)(Cl)Cl)n1. The lowest BCUT2D eigenvalue weighted by Gasteiger charge is -2.11. The summed E-state index contributed by atoms with van der Waals surface area (Å²) in [5, 5.41) is 4.50. The zero-order valence-electron chi connectivity index (χ0n) is 11.5. The van der Waals surface area contributed by atoms with Crippen molar-refractivity contribution in [2.45, 2.75) is 10.7 Å². The van der Waals surface area contributed by atoms with Gasteiger partial charge in [-0.05, 0) is 41.1 Å². The van der Waals surface area contributed by atoms with E-state index in [0.717, 1.165) is 14.4 Å². The number of hydrogen-bond donors (Lipinski definition) is 2. The normalized spacial score (nSPS) is 11.2. The van der Waals surface area contributed by atoms with Gasteiger partial charge in [-0.25, -0.2) is 4.79 Å². The van der Waals surface area contributed by atoms with Crippen molar-refractivity contribution in [1.82, 2.24) is 10.3 Å². The van der Waals surface area contributed by atoms with Crippen LogP contribution in [0.25, 0.3) is 10.6 Å². The Labute approximate surface area is 159 Å². The van der Waals surface area contributed by atoms with Gasteiger partial charge in [0.05, 0.1) is 20.0 Å². The van der Waals surface area contributed by atoms with Crippen molar-refractivity contribution in [1.29, 1.82) is 0 Å². The van der Waals surface area contributed by atoms with E-state index < -0.39 is 15.7 Å². The highest BCUT2D eigenvalue weighted by Gasteiger charge is 2.32. The number of carbonyl (C=O) groups is 2. The Morgan fingerprint density at radius 1 is 1.30 bits per heavy atom. The number of hydrogen-bond acceptors (Lipinski definition) is 4. The van der Waals surface area contributed by atoms with Gasteiger partial charge in [0, 0.05) is 5.69 Å². The first-order valence-corrected chi connectivity index (χ1v) is 8.83. The lowest BCUT2D eigenvalue weighted by molar-refractivity contribution is -0.119. The van der Waals surface area contributed by atoms with Crippen LogP contribution in [0.3, 0.4) is 0 Å². The van der Waals surface area contributed by atoms with Crippen LogP contribution in [0.1, 0.15) is 5.69 Å². The lowest BCUT2D eigenvalue weighted by Crippen LogP contribution is -2.41. The number of aromatic nitrogens is 1. The number of anilines is 1. The van der Waals surface area contributed by atoms with Gasteiger partial charge in [0.15, 0.2) is 0 Å². The zero-order valence-corrected chi connectivity index (χ0v) is 16.2. The van der Waals surface area contributed by atoms with Gasteiger partial charge < -0.3 is 5.32 Å². The quantitative estimate of drug-likeness (QED) is 0.630. The molecule has 23 heavy (non-hydrogen) atoms. The monoisotopic (exact) mass is 455 g/mol. The Morgan fingerprint density at radius 3 is 2.61 bits per heavy atom. The third-order valence-electron chi connectivity index (χ3n) is 2.56. The summed E-state index contributed by atoms with van der Waals surface area (Å²) in [5.41, 5.74) is 2.02. The number of urea groups is 1.